The first kappa shape index (κ1) is 20.2. The molecule has 7 nitrogen and oxygen atoms in total. The molecule has 1 N–H and O–H groups in total. The molecule has 0 spiro atoms. The Morgan fingerprint density at radius 2 is 2.00 bits per heavy atom. The fourth-order valence-electron chi connectivity index (χ4n) is 1.84. The number of rotatable bonds is 12. The van der Waals surface area contributed by atoms with Gasteiger partial charge in [0, 0.05) is 33.0 Å². The molecule has 1 fully saturated rings. The normalized spacial score (nSPS) is 15.7. The third-order valence-electron chi connectivity index (χ3n) is 3.41. The summed E-state index contributed by atoms with van der Waals surface area (Å²) in [5.41, 5.74) is 0. The van der Waals surface area contributed by atoms with Gasteiger partial charge >= 0.3 is 0 Å². The zero-order valence-electron chi connectivity index (χ0n) is 14.6. The van der Waals surface area contributed by atoms with Crippen molar-refractivity contribution in [3.63, 3.8) is 0 Å². The van der Waals surface area contributed by atoms with E-state index in [-0.39, 0.29) is 12.4 Å². The Kier molecular flexibility index (Phi) is 9.50. The molecule has 0 amide bonds. The van der Waals surface area contributed by atoms with E-state index in [1.54, 1.807) is 0 Å². The summed E-state index contributed by atoms with van der Waals surface area (Å²) in [6, 6.07) is 0. The van der Waals surface area contributed by atoms with Gasteiger partial charge in [0.15, 0.2) is 5.96 Å². The number of nitrogens with zero attached hydrogens (tertiary/aromatic N) is 2. The number of sulfone groups is 1. The van der Waals surface area contributed by atoms with Crippen LogP contribution in [0.4, 0.5) is 0 Å². The highest BCUT2D eigenvalue weighted by atomic mass is 32.2. The van der Waals surface area contributed by atoms with Crippen LogP contribution in [0.1, 0.15) is 19.8 Å². The number of guanidine groups is 1. The fraction of sp³-hybridized carbons (Fsp3) is 0.933. The monoisotopic (exact) mass is 349 g/mol. The molecule has 8 heteroatoms. The van der Waals surface area contributed by atoms with E-state index in [0.717, 1.165) is 31.6 Å². The van der Waals surface area contributed by atoms with E-state index in [4.69, 9.17) is 9.47 Å². The number of ether oxygens (including phenoxy) is 2. The van der Waals surface area contributed by atoms with Gasteiger partial charge in [-0.2, -0.15) is 0 Å². The summed E-state index contributed by atoms with van der Waals surface area (Å²) in [4.78, 5) is 6.51. The minimum atomic E-state index is -2.96. The van der Waals surface area contributed by atoms with E-state index in [0.29, 0.717) is 19.8 Å². The van der Waals surface area contributed by atoms with Crippen LogP contribution in [-0.4, -0.2) is 84.4 Å². The number of hydrogen-bond donors (Lipinski definition) is 1. The van der Waals surface area contributed by atoms with Gasteiger partial charge in [-0.05, 0) is 25.7 Å². The van der Waals surface area contributed by atoms with Gasteiger partial charge in [0.2, 0.25) is 0 Å². The van der Waals surface area contributed by atoms with Crippen molar-refractivity contribution in [3.8, 4) is 0 Å². The van der Waals surface area contributed by atoms with Crippen molar-refractivity contribution in [2.24, 2.45) is 10.9 Å². The van der Waals surface area contributed by atoms with E-state index >= 15 is 0 Å². The van der Waals surface area contributed by atoms with E-state index in [2.05, 4.69) is 10.3 Å². The molecule has 0 radical (unpaired) electrons. The van der Waals surface area contributed by atoms with Crippen LogP contribution in [0.3, 0.4) is 0 Å². The van der Waals surface area contributed by atoms with Gasteiger partial charge in [-0.1, -0.05) is 0 Å². The lowest BCUT2D eigenvalue weighted by molar-refractivity contribution is 0.115. The van der Waals surface area contributed by atoms with Crippen LogP contribution in [0.15, 0.2) is 4.99 Å². The zero-order chi connectivity index (χ0) is 17.1. The van der Waals surface area contributed by atoms with Gasteiger partial charge < -0.3 is 19.7 Å². The lowest BCUT2D eigenvalue weighted by atomic mass is 10.5. The zero-order valence-corrected chi connectivity index (χ0v) is 15.4. The summed E-state index contributed by atoms with van der Waals surface area (Å²) in [5.74, 6) is 1.65. The van der Waals surface area contributed by atoms with Crippen LogP contribution in [0.25, 0.3) is 0 Å². The highest BCUT2D eigenvalue weighted by Gasteiger charge is 2.21. The highest BCUT2D eigenvalue weighted by molar-refractivity contribution is 7.90. The molecule has 23 heavy (non-hydrogen) atoms. The summed E-state index contributed by atoms with van der Waals surface area (Å²) in [6.45, 7) is 6.30. The molecule has 136 valence electrons. The molecule has 0 saturated heterocycles. The molecular weight excluding hydrogens is 318 g/mol. The standard InChI is InChI=1S/C15H31N3O4S/c1-4-16-15(17-7-9-21-11-12-23(3,19)20)18(2)8-10-22-13-14-5-6-14/h14H,4-13H2,1-3H3,(H,16,17). The molecule has 0 aliphatic heterocycles. The topological polar surface area (TPSA) is 80.2 Å². The molecule has 0 aromatic rings. The van der Waals surface area contributed by atoms with Gasteiger partial charge in [-0.25, -0.2) is 8.42 Å². The maximum Gasteiger partial charge on any atom is 0.193 e. The van der Waals surface area contributed by atoms with Crippen LogP contribution >= 0.6 is 0 Å². The Morgan fingerprint density at radius 1 is 1.26 bits per heavy atom. The molecule has 1 aliphatic carbocycles. The van der Waals surface area contributed by atoms with E-state index < -0.39 is 9.84 Å². The van der Waals surface area contributed by atoms with E-state index in [1.807, 2.05) is 18.9 Å². The molecule has 0 unspecified atom stereocenters. The third kappa shape index (κ3) is 11.3. The smallest absolute Gasteiger partial charge is 0.193 e. The summed E-state index contributed by atoms with van der Waals surface area (Å²) >= 11 is 0. The predicted octanol–water partition coefficient (Wildman–Crippen LogP) is 0.372. The Labute approximate surface area is 140 Å². The van der Waals surface area contributed by atoms with Crippen molar-refractivity contribution < 1.29 is 17.9 Å². The van der Waals surface area contributed by atoms with E-state index in [9.17, 15) is 8.42 Å². The number of likely N-dealkylation sites (N-methyl/N-ethyl adjacent to an activating group) is 1. The molecular formula is C15H31N3O4S. The Balaban J connectivity index is 2.18. The lowest BCUT2D eigenvalue weighted by Gasteiger charge is -2.22. The van der Waals surface area contributed by atoms with Crippen molar-refractivity contribution >= 4 is 15.8 Å². The third-order valence-corrected chi connectivity index (χ3v) is 4.32. The van der Waals surface area contributed by atoms with Gasteiger partial charge in [0.1, 0.15) is 9.84 Å². The molecule has 0 aromatic carbocycles. The maximum atomic E-state index is 11.0. The van der Waals surface area contributed by atoms with Gasteiger partial charge in [0.25, 0.3) is 0 Å². The quantitative estimate of drug-likeness (QED) is 0.312. The molecule has 1 rings (SSSR count). The number of nitrogens with one attached hydrogen (secondary N) is 1. The van der Waals surface area contributed by atoms with Crippen LogP contribution in [-0.2, 0) is 19.3 Å². The largest absolute Gasteiger partial charge is 0.379 e. The maximum absolute atomic E-state index is 11.0. The average molecular weight is 349 g/mol. The highest BCUT2D eigenvalue weighted by Crippen LogP contribution is 2.28. The second-order valence-electron chi connectivity index (χ2n) is 5.92. The molecule has 0 atom stereocenters. The Morgan fingerprint density at radius 3 is 2.61 bits per heavy atom. The number of aliphatic imine (C=N–C) groups is 1. The lowest BCUT2D eigenvalue weighted by Crippen LogP contribution is -2.40. The number of hydrogen-bond acceptors (Lipinski definition) is 5. The minimum Gasteiger partial charge on any atom is -0.379 e. The first-order valence-electron chi connectivity index (χ1n) is 8.25. The molecule has 0 bridgehead atoms. The molecule has 1 aliphatic rings. The van der Waals surface area contributed by atoms with Crippen LogP contribution < -0.4 is 5.32 Å². The first-order chi connectivity index (χ1) is 10.9. The van der Waals surface area contributed by atoms with Crippen molar-refractivity contribution in [2.45, 2.75) is 19.8 Å². The van der Waals surface area contributed by atoms with E-state index in [1.165, 1.54) is 19.1 Å². The summed E-state index contributed by atoms with van der Waals surface area (Å²) in [5, 5.41) is 3.23. The van der Waals surface area contributed by atoms with Crippen LogP contribution in [0, 0.1) is 5.92 Å². The summed E-state index contributed by atoms with van der Waals surface area (Å²) < 4.78 is 32.9. The predicted molar refractivity (Wildman–Crippen MR) is 92.7 cm³/mol. The first-order valence-corrected chi connectivity index (χ1v) is 10.3. The van der Waals surface area contributed by atoms with Crippen molar-refractivity contribution in [2.75, 3.05) is 65.1 Å². The SMILES string of the molecule is CCNC(=NCCOCCS(C)(=O)=O)N(C)CCOCC1CC1. The Bertz CT molecular complexity index is 450. The Hall–Kier alpha value is -0.860. The summed E-state index contributed by atoms with van der Waals surface area (Å²) in [6.07, 6.45) is 3.82. The van der Waals surface area contributed by atoms with Crippen molar-refractivity contribution in [3.05, 3.63) is 0 Å². The summed E-state index contributed by atoms with van der Waals surface area (Å²) in [7, 11) is -0.981. The van der Waals surface area contributed by atoms with Gasteiger partial charge in [-0.15, -0.1) is 0 Å². The molecule has 0 heterocycles. The van der Waals surface area contributed by atoms with Crippen molar-refractivity contribution in [1.29, 1.82) is 0 Å². The average Bonchev–Trinajstić information content (AvgIpc) is 3.29. The second-order valence-corrected chi connectivity index (χ2v) is 8.18. The van der Waals surface area contributed by atoms with Crippen molar-refractivity contribution in [1.82, 2.24) is 10.2 Å². The second kappa shape index (κ2) is 10.8. The minimum absolute atomic E-state index is 0.0506. The molecule has 1 saturated carbocycles. The van der Waals surface area contributed by atoms with Crippen LogP contribution in [0.5, 0.6) is 0 Å². The van der Waals surface area contributed by atoms with Crippen LogP contribution in [0.2, 0.25) is 0 Å². The van der Waals surface area contributed by atoms with Gasteiger partial charge in [0.05, 0.1) is 32.1 Å². The fourth-order valence-corrected chi connectivity index (χ4v) is 2.26. The van der Waals surface area contributed by atoms with Gasteiger partial charge in [-0.3, -0.25) is 4.99 Å². The molecule has 0 aromatic heterocycles.